The lowest BCUT2D eigenvalue weighted by atomic mass is 9.93. The van der Waals surface area contributed by atoms with Gasteiger partial charge >= 0.3 is 5.97 Å². The summed E-state index contributed by atoms with van der Waals surface area (Å²) in [5.74, 6) is -0.993. The first-order chi connectivity index (χ1) is 15.2. The zero-order valence-electron chi connectivity index (χ0n) is 20.3. The Hall–Kier alpha value is -1.96. The summed E-state index contributed by atoms with van der Waals surface area (Å²) in [6.45, 7) is 15.5. The van der Waals surface area contributed by atoms with Gasteiger partial charge in [-0.05, 0) is 31.6 Å². The molecule has 2 unspecified atom stereocenters. The summed E-state index contributed by atoms with van der Waals surface area (Å²) in [5.41, 5.74) is 1.04. The Balaban J connectivity index is 3.15. The van der Waals surface area contributed by atoms with E-state index < -0.39 is 5.97 Å². The molecule has 32 heavy (non-hydrogen) atoms. The lowest BCUT2D eigenvalue weighted by Crippen LogP contribution is -2.42. The molecule has 0 spiro atoms. The van der Waals surface area contributed by atoms with E-state index in [9.17, 15) is 14.1 Å². The van der Waals surface area contributed by atoms with Crippen LogP contribution in [-0.4, -0.2) is 34.3 Å². The second-order valence-corrected chi connectivity index (χ2v) is 9.55. The molecular formula is C24H40FN3O3S. The highest BCUT2D eigenvalue weighted by Crippen LogP contribution is 2.30. The van der Waals surface area contributed by atoms with Crippen LogP contribution in [0.25, 0.3) is 0 Å². The normalized spacial score (nSPS) is 13.0. The number of rotatable bonds is 16. The lowest BCUT2D eigenvalue weighted by Gasteiger charge is -2.39. The van der Waals surface area contributed by atoms with E-state index in [-0.39, 0.29) is 23.7 Å². The number of amides is 1. The summed E-state index contributed by atoms with van der Waals surface area (Å²) in [4.78, 5) is 33.4. The first-order valence-electron chi connectivity index (χ1n) is 11.7. The molecule has 0 fully saturated rings. The Labute approximate surface area is 196 Å². The molecule has 2 atom stereocenters. The molecule has 8 heteroatoms. The molecule has 0 saturated heterocycles. The van der Waals surface area contributed by atoms with Crippen LogP contribution < -0.4 is 5.32 Å². The van der Waals surface area contributed by atoms with Gasteiger partial charge < -0.3 is 10.2 Å². The van der Waals surface area contributed by atoms with Crippen molar-refractivity contribution in [3.05, 3.63) is 28.4 Å². The number of thiazole rings is 1. The van der Waals surface area contributed by atoms with Crippen LogP contribution in [0.15, 0.2) is 17.7 Å². The molecule has 182 valence electrons. The maximum atomic E-state index is 12.3. The summed E-state index contributed by atoms with van der Waals surface area (Å²) in [5, 5.41) is 5.00. The number of hydrogen-bond donors (Lipinski definition) is 1. The Morgan fingerprint density at radius 3 is 2.47 bits per heavy atom. The second kappa shape index (κ2) is 15.0. The van der Waals surface area contributed by atoms with Crippen molar-refractivity contribution >= 4 is 23.2 Å². The number of allylic oxidation sites excluding steroid dienone is 1. The van der Waals surface area contributed by atoms with Crippen LogP contribution in [0.5, 0.6) is 0 Å². The molecule has 0 saturated carbocycles. The minimum atomic E-state index is -1.13. The number of carbonyl (C=O) groups excluding carboxylic acids is 2. The molecule has 1 N–H and O–H groups in total. The fraction of sp³-hybridized carbons (Fsp3) is 0.708. The van der Waals surface area contributed by atoms with Gasteiger partial charge in [0, 0.05) is 35.1 Å². The van der Waals surface area contributed by atoms with Crippen molar-refractivity contribution in [3.8, 4) is 0 Å². The van der Waals surface area contributed by atoms with E-state index in [0.29, 0.717) is 17.3 Å². The minimum absolute atomic E-state index is 0.0901. The standard InChI is InChI=1S/C24H40FN3O3S/c1-7-9-11-12-14-28(18(5)13-10-8-2)22(17(3)4)15-20(26-19(6)29)23-27-21(16-32-23)24(30)31-25/h16-17,20,22H,5,7-15H2,1-4,6H3,(H,26,29). The zero-order valence-corrected chi connectivity index (χ0v) is 21.1. The third-order valence-electron chi connectivity index (χ3n) is 5.60. The van der Waals surface area contributed by atoms with Crippen molar-refractivity contribution in [2.75, 3.05) is 6.54 Å². The number of halogens is 1. The number of nitrogens with zero attached hydrogens (tertiary/aromatic N) is 2. The number of unbranched alkanes of at least 4 members (excludes halogenated alkanes) is 4. The summed E-state index contributed by atoms with van der Waals surface area (Å²) >= 11 is 1.22. The molecule has 1 amide bonds. The average Bonchev–Trinajstić information content (AvgIpc) is 3.24. The molecule has 0 aliphatic carbocycles. The van der Waals surface area contributed by atoms with Gasteiger partial charge in [-0.15, -0.1) is 11.3 Å². The van der Waals surface area contributed by atoms with E-state index in [2.05, 4.69) is 54.4 Å². The molecule has 1 aromatic heterocycles. The highest BCUT2D eigenvalue weighted by atomic mass is 32.1. The van der Waals surface area contributed by atoms with Crippen molar-refractivity contribution in [1.82, 2.24) is 15.2 Å². The molecule has 6 nitrogen and oxygen atoms in total. The maximum Gasteiger partial charge on any atom is 0.398 e. The molecule has 0 aromatic carbocycles. The van der Waals surface area contributed by atoms with E-state index in [1.807, 2.05) is 0 Å². The van der Waals surface area contributed by atoms with Crippen LogP contribution >= 0.6 is 11.3 Å². The van der Waals surface area contributed by atoms with Crippen LogP contribution in [0, 0.1) is 5.92 Å². The lowest BCUT2D eigenvalue weighted by molar-refractivity contribution is -0.119. The van der Waals surface area contributed by atoms with Crippen LogP contribution in [0.4, 0.5) is 4.53 Å². The van der Waals surface area contributed by atoms with Gasteiger partial charge in [0.1, 0.15) is 5.01 Å². The highest BCUT2D eigenvalue weighted by Gasteiger charge is 2.29. The quantitative estimate of drug-likeness (QED) is 0.285. The second-order valence-electron chi connectivity index (χ2n) is 8.66. The van der Waals surface area contributed by atoms with Gasteiger partial charge in [-0.3, -0.25) is 4.79 Å². The summed E-state index contributed by atoms with van der Waals surface area (Å²) < 4.78 is 12.3. The van der Waals surface area contributed by atoms with Crippen molar-refractivity contribution in [2.24, 2.45) is 5.92 Å². The highest BCUT2D eigenvalue weighted by molar-refractivity contribution is 7.09. The first kappa shape index (κ1) is 28.1. The SMILES string of the molecule is C=C(CCCC)N(CCCCCC)C(CC(NC(C)=O)c1nc(C(=O)OF)cs1)C(C)C. The van der Waals surface area contributed by atoms with Crippen molar-refractivity contribution < 1.29 is 19.1 Å². The maximum absolute atomic E-state index is 12.3. The van der Waals surface area contributed by atoms with E-state index in [0.717, 1.165) is 37.9 Å². The monoisotopic (exact) mass is 469 g/mol. The predicted molar refractivity (Wildman–Crippen MR) is 128 cm³/mol. The zero-order chi connectivity index (χ0) is 24.1. The molecule has 1 aromatic rings. The molecule has 1 rings (SSSR count). The van der Waals surface area contributed by atoms with E-state index in [1.54, 1.807) is 0 Å². The van der Waals surface area contributed by atoms with Gasteiger partial charge in [0.25, 0.3) is 0 Å². The molecule has 0 aliphatic heterocycles. The Morgan fingerprint density at radius 2 is 1.91 bits per heavy atom. The third kappa shape index (κ3) is 9.27. The molecule has 0 bridgehead atoms. The summed E-state index contributed by atoms with van der Waals surface area (Å²) in [6.07, 6.45) is 8.43. The van der Waals surface area contributed by atoms with Gasteiger partial charge in [0.15, 0.2) is 5.69 Å². The number of nitrogens with one attached hydrogen (secondary N) is 1. The number of carbonyl (C=O) groups is 2. The minimum Gasteiger partial charge on any atom is -0.372 e. The smallest absolute Gasteiger partial charge is 0.372 e. The molecule has 1 heterocycles. The Morgan fingerprint density at radius 1 is 1.22 bits per heavy atom. The number of aromatic nitrogens is 1. The van der Waals surface area contributed by atoms with Crippen molar-refractivity contribution in [3.63, 3.8) is 0 Å². The van der Waals surface area contributed by atoms with Crippen LogP contribution in [0.3, 0.4) is 0 Å². The topological polar surface area (TPSA) is 71.5 Å². The molecular weight excluding hydrogens is 429 g/mol. The van der Waals surface area contributed by atoms with E-state index in [4.69, 9.17) is 0 Å². The van der Waals surface area contributed by atoms with E-state index in [1.165, 1.54) is 42.9 Å². The Bertz CT molecular complexity index is 723. The summed E-state index contributed by atoms with van der Waals surface area (Å²) in [7, 11) is 0. The third-order valence-corrected chi connectivity index (χ3v) is 6.56. The van der Waals surface area contributed by atoms with Crippen LogP contribution in [-0.2, 0) is 9.74 Å². The first-order valence-corrected chi connectivity index (χ1v) is 12.6. The van der Waals surface area contributed by atoms with Crippen LogP contribution in [0.1, 0.15) is 108 Å². The van der Waals surface area contributed by atoms with Gasteiger partial charge in [-0.1, -0.05) is 60.0 Å². The molecule has 0 aliphatic rings. The van der Waals surface area contributed by atoms with Gasteiger partial charge in [0.05, 0.1) is 6.04 Å². The Kier molecular flexibility index (Phi) is 13.1. The van der Waals surface area contributed by atoms with Gasteiger partial charge in [0.2, 0.25) is 5.91 Å². The predicted octanol–water partition coefficient (Wildman–Crippen LogP) is 6.36. The average molecular weight is 470 g/mol. The van der Waals surface area contributed by atoms with Gasteiger partial charge in [-0.25, -0.2) is 14.7 Å². The van der Waals surface area contributed by atoms with Gasteiger partial charge in [-0.2, -0.15) is 0 Å². The fourth-order valence-corrected chi connectivity index (χ4v) is 4.69. The fourth-order valence-electron chi connectivity index (χ4n) is 3.84. The molecule has 0 radical (unpaired) electrons. The number of hydrogen-bond acceptors (Lipinski definition) is 6. The van der Waals surface area contributed by atoms with Crippen molar-refractivity contribution in [1.29, 1.82) is 0 Å². The largest absolute Gasteiger partial charge is 0.398 e. The summed E-state index contributed by atoms with van der Waals surface area (Å²) in [6, 6.07) is -0.249. The van der Waals surface area contributed by atoms with E-state index >= 15 is 0 Å². The van der Waals surface area contributed by atoms with Crippen LogP contribution in [0.2, 0.25) is 0 Å². The van der Waals surface area contributed by atoms with Crippen molar-refractivity contribution in [2.45, 2.75) is 98.1 Å².